The van der Waals surface area contributed by atoms with Gasteiger partial charge in [-0.2, -0.15) is 0 Å². The molecule has 0 unspecified atom stereocenters. The molecule has 0 aliphatic carbocycles. The van der Waals surface area contributed by atoms with Crippen LogP contribution in [-0.2, 0) is 7.05 Å². The van der Waals surface area contributed by atoms with Gasteiger partial charge >= 0.3 is 0 Å². The predicted molar refractivity (Wildman–Crippen MR) is 86.3 cm³/mol. The van der Waals surface area contributed by atoms with Crippen molar-refractivity contribution in [1.82, 2.24) is 9.55 Å². The highest BCUT2D eigenvalue weighted by molar-refractivity contribution is 5.82. The molecule has 0 amide bonds. The first kappa shape index (κ1) is 13.5. The van der Waals surface area contributed by atoms with E-state index in [-0.39, 0.29) is 6.10 Å². The monoisotopic (exact) mass is 281 g/mol. The van der Waals surface area contributed by atoms with Gasteiger partial charge in [0.2, 0.25) is 0 Å². The number of imidazole rings is 1. The summed E-state index contributed by atoms with van der Waals surface area (Å²) in [4.78, 5) is 4.72. The normalized spacial score (nSPS) is 11.2. The smallest absolute Gasteiger partial charge is 0.140 e. The number of nitrogens with zero attached hydrogens (tertiary/aromatic N) is 2. The molecule has 2 aromatic carbocycles. The second kappa shape index (κ2) is 5.13. The summed E-state index contributed by atoms with van der Waals surface area (Å²) >= 11 is 0. The van der Waals surface area contributed by atoms with E-state index >= 15 is 0 Å². The average molecular weight is 281 g/mol. The molecule has 108 valence electrons. The van der Waals surface area contributed by atoms with Gasteiger partial charge in [0.1, 0.15) is 11.6 Å². The van der Waals surface area contributed by atoms with E-state index in [1.54, 1.807) is 0 Å². The zero-order valence-electron chi connectivity index (χ0n) is 12.5. The van der Waals surface area contributed by atoms with Crippen LogP contribution in [0, 0.1) is 0 Å². The highest BCUT2D eigenvalue weighted by Crippen LogP contribution is 2.27. The number of ether oxygens (including phenoxy) is 1. The van der Waals surface area contributed by atoms with Crippen molar-refractivity contribution in [1.29, 1.82) is 0 Å². The molecule has 3 rings (SSSR count). The number of nitrogen functional groups attached to an aromatic ring is 1. The molecule has 0 spiro atoms. The van der Waals surface area contributed by atoms with Crippen LogP contribution in [0.5, 0.6) is 5.75 Å². The predicted octanol–water partition coefficient (Wildman–Crippen LogP) is 3.61. The van der Waals surface area contributed by atoms with Gasteiger partial charge in [-0.05, 0) is 38.1 Å². The lowest BCUT2D eigenvalue weighted by atomic mass is 10.2. The lowest BCUT2D eigenvalue weighted by Gasteiger charge is -2.09. The number of aromatic nitrogens is 2. The third-order valence-electron chi connectivity index (χ3n) is 3.37. The molecule has 1 aromatic heterocycles. The Morgan fingerprint density at radius 3 is 2.67 bits per heavy atom. The Bertz CT molecular complexity index is 790. The molecule has 1 heterocycles. The third-order valence-corrected chi connectivity index (χ3v) is 3.37. The SMILES string of the molecule is CC(C)Oc1ccc2c(c1)nc(-c1cccc(N)c1)n2C. The Morgan fingerprint density at radius 2 is 1.95 bits per heavy atom. The van der Waals surface area contributed by atoms with Gasteiger partial charge in [0.05, 0.1) is 17.1 Å². The zero-order valence-corrected chi connectivity index (χ0v) is 12.5. The molecule has 0 saturated heterocycles. The van der Waals surface area contributed by atoms with Gasteiger partial charge in [-0.1, -0.05) is 12.1 Å². The summed E-state index contributed by atoms with van der Waals surface area (Å²) in [6.07, 6.45) is 0.152. The molecule has 21 heavy (non-hydrogen) atoms. The summed E-state index contributed by atoms with van der Waals surface area (Å²) in [5.41, 5.74) is 9.61. The second-order valence-electron chi connectivity index (χ2n) is 5.44. The quantitative estimate of drug-likeness (QED) is 0.746. The van der Waals surface area contributed by atoms with E-state index < -0.39 is 0 Å². The van der Waals surface area contributed by atoms with E-state index in [1.165, 1.54) is 0 Å². The van der Waals surface area contributed by atoms with Crippen molar-refractivity contribution in [3.8, 4) is 17.1 Å². The fraction of sp³-hybridized carbons (Fsp3) is 0.235. The van der Waals surface area contributed by atoms with Gasteiger partial charge in [-0.15, -0.1) is 0 Å². The summed E-state index contributed by atoms with van der Waals surface area (Å²) in [5.74, 6) is 1.74. The Morgan fingerprint density at radius 1 is 1.14 bits per heavy atom. The van der Waals surface area contributed by atoms with Crippen LogP contribution in [-0.4, -0.2) is 15.7 Å². The Balaban J connectivity index is 2.10. The van der Waals surface area contributed by atoms with Crippen molar-refractivity contribution in [3.05, 3.63) is 42.5 Å². The van der Waals surface area contributed by atoms with E-state index in [9.17, 15) is 0 Å². The molecule has 3 aromatic rings. The van der Waals surface area contributed by atoms with E-state index in [0.29, 0.717) is 0 Å². The minimum Gasteiger partial charge on any atom is -0.491 e. The van der Waals surface area contributed by atoms with Crippen molar-refractivity contribution in [2.75, 3.05) is 5.73 Å². The number of benzene rings is 2. The number of hydrogen-bond acceptors (Lipinski definition) is 3. The summed E-state index contributed by atoms with van der Waals surface area (Å²) < 4.78 is 7.80. The fourth-order valence-corrected chi connectivity index (χ4v) is 2.46. The van der Waals surface area contributed by atoms with Crippen molar-refractivity contribution in [3.63, 3.8) is 0 Å². The Kier molecular flexibility index (Phi) is 3.29. The lowest BCUT2D eigenvalue weighted by Crippen LogP contribution is -2.05. The van der Waals surface area contributed by atoms with Gasteiger partial charge in [-0.3, -0.25) is 0 Å². The lowest BCUT2D eigenvalue weighted by molar-refractivity contribution is 0.242. The molecular weight excluding hydrogens is 262 g/mol. The molecule has 4 heteroatoms. The Hall–Kier alpha value is -2.49. The molecule has 4 nitrogen and oxygen atoms in total. The van der Waals surface area contributed by atoms with Crippen LogP contribution in [0.3, 0.4) is 0 Å². The molecule has 0 saturated carbocycles. The molecule has 0 aliphatic rings. The number of rotatable bonds is 3. The summed E-state index contributed by atoms with van der Waals surface area (Å²) in [6.45, 7) is 4.03. The first-order valence-electron chi connectivity index (χ1n) is 7.03. The first-order chi connectivity index (χ1) is 10.0. The second-order valence-corrected chi connectivity index (χ2v) is 5.44. The van der Waals surface area contributed by atoms with Crippen LogP contribution in [0.4, 0.5) is 5.69 Å². The van der Waals surface area contributed by atoms with E-state index in [4.69, 9.17) is 15.5 Å². The molecule has 0 radical (unpaired) electrons. The number of aryl methyl sites for hydroxylation is 1. The van der Waals surface area contributed by atoms with Crippen LogP contribution >= 0.6 is 0 Å². The highest BCUT2D eigenvalue weighted by Gasteiger charge is 2.11. The minimum atomic E-state index is 0.152. The fourth-order valence-electron chi connectivity index (χ4n) is 2.46. The molecule has 0 bridgehead atoms. The topological polar surface area (TPSA) is 53.1 Å². The van der Waals surface area contributed by atoms with Crippen LogP contribution in [0.25, 0.3) is 22.4 Å². The molecule has 2 N–H and O–H groups in total. The van der Waals surface area contributed by atoms with Crippen LogP contribution < -0.4 is 10.5 Å². The number of hydrogen-bond donors (Lipinski definition) is 1. The highest BCUT2D eigenvalue weighted by atomic mass is 16.5. The molecule has 0 atom stereocenters. The van der Waals surface area contributed by atoms with Crippen molar-refractivity contribution in [2.24, 2.45) is 7.05 Å². The van der Waals surface area contributed by atoms with Crippen LogP contribution in [0.1, 0.15) is 13.8 Å². The summed E-state index contributed by atoms with van der Waals surface area (Å²) in [6, 6.07) is 13.8. The maximum Gasteiger partial charge on any atom is 0.140 e. The van der Waals surface area contributed by atoms with Crippen LogP contribution in [0.2, 0.25) is 0 Å². The van der Waals surface area contributed by atoms with E-state index in [0.717, 1.165) is 33.9 Å². The van der Waals surface area contributed by atoms with Gasteiger partial charge in [0.25, 0.3) is 0 Å². The van der Waals surface area contributed by atoms with Gasteiger partial charge in [0, 0.05) is 24.4 Å². The number of nitrogens with two attached hydrogens (primary N) is 1. The molecule has 0 aliphatic heterocycles. The van der Waals surface area contributed by atoms with Crippen molar-refractivity contribution >= 4 is 16.7 Å². The average Bonchev–Trinajstić information content (AvgIpc) is 2.75. The standard InChI is InChI=1S/C17H19N3O/c1-11(2)21-14-7-8-16-15(10-14)19-17(20(16)3)12-5-4-6-13(18)9-12/h4-11H,18H2,1-3H3. The van der Waals surface area contributed by atoms with Gasteiger partial charge < -0.3 is 15.0 Å². The van der Waals surface area contributed by atoms with E-state index in [2.05, 4.69) is 4.57 Å². The third kappa shape index (κ3) is 2.57. The molecular formula is C17H19N3O. The van der Waals surface area contributed by atoms with Crippen LogP contribution in [0.15, 0.2) is 42.5 Å². The summed E-state index contributed by atoms with van der Waals surface area (Å²) in [7, 11) is 2.01. The van der Waals surface area contributed by atoms with E-state index in [1.807, 2.05) is 63.4 Å². The van der Waals surface area contributed by atoms with Gasteiger partial charge in [0.15, 0.2) is 0 Å². The maximum absolute atomic E-state index is 5.86. The van der Waals surface area contributed by atoms with Crippen molar-refractivity contribution in [2.45, 2.75) is 20.0 Å². The minimum absolute atomic E-state index is 0.152. The maximum atomic E-state index is 5.86. The van der Waals surface area contributed by atoms with Crippen molar-refractivity contribution < 1.29 is 4.74 Å². The zero-order chi connectivity index (χ0) is 15.0. The first-order valence-corrected chi connectivity index (χ1v) is 7.03. The number of fused-ring (bicyclic) bond motifs is 1. The molecule has 0 fully saturated rings. The Labute approximate surface area is 124 Å². The number of anilines is 1. The van der Waals surface area contributed by atoms with Gasteiger partial charge in [-0.25, -0.2) is 4.98 Å². The summed E-state index contributed by atoms with van der Waals surface area (Å²) in [5, 5.41) is 0. The largest absolute Gasteiger partial charge is 0.491 e.